The molecule has 6 nitrogen and oxygen atoms in total. The zero-order chi connectivity index (χ0) is 22.9. The lowest BCUT2D eigenvalue weighted by molar-refractivity contribution is 0.0970. The summed E-state index contributed by atoms with van der Waals surface area (Å²) in [5.74, 6) is -0.677. The van der Waals surface area contributed by atoms with Crippen molar-refractivity contribution in [3.05, 3.63) is 102 Å². The van der Waals surface area contributed by atoms with Gasteiger partial charge in [0.2, 0.25) is 0 Å². The number of hydrogen-bond acceptors (Lipinski definition) is 5. The molecule has 0 radical (unpaired) electrons. The van der Waals surface area contributed by atoms with Crippen LogP contribution in [0.4, 0.5) is 5.69 Å². The molecular formula is C27H23N3O3. The molecule has 1 unspecified atom stereocenters. The number of amides is 1. The van der Waals surface area contributed by atoms with Crippen LogP contribution in [0.25, 0.3) is 11.3 Å². The van der Waals surface area contributed by atoms with Gasteiger partial charge in [0.25, 0.3) is 5.91 Å². The van der Waals surface area contributed by atoms with Gasteiger partial charge < -0.3 is 15.1 Å². The van der Waals surface area contributed by atoms with Gasteiger partial charge in [-0.05, 0) is 72.9 Å². The SMILES string of the molecule is Cc1cccnc1-c1ccc2c(c1)CCC(c1cccnc1)N2C(=O)c1ccc(O)cc1O. The number of fused-ring (bicyclic) bond motifs is 1. The van der Waals surface area contributed by atoms with E-state index in [0.717, 1.165) is 40.1 Å². The van der Waals surface area contributed by atoms with Crippen LogP contribution in [0.3, 0.4) is 0 Å². The number of carbonyl (C=O) groups is 1. The molecule has 2 aromatic carbocycles. The normalized spacial score (nSPS) is 15.2. The number of anilines is 1. The van der Waals surface area contributed by atoms with E-state index < -0.39 is 0 Å². The fourth-order valence-electron chi connectivity index (χ4n) is 4.52. The minimum absolute atomic E-state index is 0.0951. The van der Waals surface area contributed by atoms with Gasteiger partial charge in [-0.1, -0.05) is 18.2 Å². The van der Waals surface area contributed by atoms with E-state index in [2.05, 4.69) is 16.0 Å². The van der Waals surface area contributed by atoms with Gasteiger partial charge in [0, 0.05) is 35.9 Å². The van der Waals surface area contributed by atoms with E-state index in [-0.39, 0.29) is 29.0 Å². The second-order valence-corrected chi connectivity index (χ2v) is 8.23. The number of hydrogen-bond donors (Lipinski definition) is 2. The lowest BCUT2D eigenvalue weighted by Gasteiger charge is -2.38. The molecule has 1 amide bonds. The molecule has 0 spiro atoms. The van der Waals surface area contributed by atoms with Gasteiger partial charge in [-0.3, -0.25) is 14.8 Å². The number of aryl methyl sites for hydroxylation is 2. The van der Waals surface area contributed by atoms with Crippen LogP contribution in [0.1, 0.15) is 39.5 Å². The first-order valence-corrected chi connectivity index (χ1v) is 10.8. The Labute approximate surface area is 191 Å². The second-order valence-electron chi connectivity index (χ2n) is 8.23. The number of carbonyl (C=O) groups excluding carboxylic acids is 1. The van der Waals surface area contributed by atoms with Crippen molar-refractivity contribution in [3.63, 3.8) is 0 Å². The summed E-state index contributed by atoms with van der Waals surface area (Å²) in [5, 5.41) is 20.1. The Balaban J connectivity index is 1.63. The average molecular weight is 437 g/mol. The first-order chi connectivity index (χ1) is 16.0. The summed E-state index contributed by atoms with van der Waals surface area (Å²) in [5.41, 5.74) is 5.92. The molecule has 1 atom stereocenters. The molecule has 0 aliphatic carbocycles. The highest BCUT2D eigenvalue weighted by Crippen LogP contribution is 2.42. The van der Waals surface area contributed by atoms with Crippen molar-refractivity contribution in [1.82, 2.24) is 9.97 Å². The molecule has 1 aliphatic rings. The first-order valence-electron chi connectivity index (χ1n) is 10.8. The predicted octanol–water partition coefficient (Wildman–Crippen LogP) is 5.20. The summed E-state index contributed by atoms with van der Waals surface area (Å²) < 4.78 is 0. The van der Waals surface area contributed by atoms with Crippen LogP contribution in [0.5, 0.6) is 11.5 Å². The van der Waals surface area contributed by atoms with E-state index in [1.165, 1.54) is 18.2 Å². The fraction of sp³-hybridized carbons (Fsp3) is 0.148. The number of rotatable bonds is 3. The van der Waals surface area contributed by atoms with Crippen molar-refractivity contribution in [3.8, 4) is 22.8 Å². The maximum Gasteiger partial charge on any atom is 0.262 e. The molecule has 4 aromatic rings. The number of phenols is 2. The van der Waals surface area contributed by atoms with Crippen LogP contribution in [-0.2, 0) is 6.42 Å². The molecular weight excluding hydrogens is 414 g/mol. The van der Waals surface area contributed by atoms with E-state index in [9.17, 15) is 15.0 Å². The average Bonchev–Trinajstić information content (AvgIpc) is 2.83. The third-order valence-electron chi connectivity index (χ3n) is 6.12. The molecule has 6 heteroatoms. The summed E-state index contributed by atoms with van der Waals surface area (Å²) in [6.45, 7) is 2.03. The van der Waals surface area contributed by atoms with E-state index in [0.29, 0.717) is 6.42 Å². The lowest BCUT2D eigenvalue weighted by Crippen LogP contribution is -2.38. The van der Waals surface area contributed by atoms with Crippen LogP contribution in [0.15, 0.2) is 79.3 Å². The zero-order valence-corrected chi connectivity index (χ0v) is 18.1. The third kappa shape index (κ3) is 3.80. The van der Waals surface area contributed by atoms with Gasteiger partial charge in [0.15, 0.2) is 0 Å². The van der Waals surface area contributed by atoms with E-state index in [1.54, 1.807) is 23.5 Å². The van der Waals surface area contributed by atoms with Crippen LogP contribution in [-0.4, -0.2) is 26.1 Å². The number of aromatic nitrogens is 2. The quantitative estimate of drug-likeness (QED) is 0.460. The summed E-state index contributed by atoms with van der Waals surface area (Å²) in [7, 11) is 0. The second kappa shape index (κ2) is 8.39. The maximum absolute atomic E-state index is 13.7. The Kier molecular flexibility index (Phi) is 5.26. The van der Waals surface area contributed by atoms with Gasteiger partial charge in [-0.25, -0.2) is 0 Å². The highest BCUT2D eigenvalue weighted by molar-refractivity contribution is 6.09. The Hall–Kier alpha value is -4.19. The highest BCUT2D eigenvalue weighted by Gasteiger charge is 2.34. The molecule has 5 rings (SSSR count). The maximum atomic E-state index is 13.7. The van der Waals surface area contributed by atoms with Crippen molar-refractivity contribution in [2.24, 2.45) is 0 Å². The van der Waals surface area contributed by atoms with Crippen molar-refractivity contribution in [2.75, 3.05) is 4.90 Å². The van der Waals surface area contributed by atoms with E-state index >= 15 is 0 Å². The first kappa shape index (κ1) is 20.7. The van der Waals surface area contributed by atoms with Gasteiger partial charge in [0.1, 0.15) is 11.5 Å². The molecule has 1 aliphatic heterocycles. The number of phenolic OH excluding ortho intramolecular Hbond substituents is 2. The van der Waals surface area contributed by atoms with Crippen LogP contribution >= 0.6 is 0 Å². The Morgan fingerprint density at radius 1 is 1.03 bits per heavy atom. The summed E-state index contributed by atoms with van der Waals surface area (Å²) in [4.78, 5) is 24.3. The van der Waals surface area contributed by atoms with Gasteiger partial charge in [-0.2, -0.15) is 0 Å². The number of aromatic hydroxyl groups is 2. The predicted molar refractivity (Wildman–Crippen MR) is 126 cm³/mol. The number of nitrogens with zero attached hydrogens (tertiary/aromatic N) is 3. The summed E-state index contributed by atoms with van der Waals surface area (Å²) in [6, 6.07) is 17.6. The fourth-order valence-corrected chi connectivity index (χ4v) is 4.52. The van der Waals surface area contributed by atoms with Gasteiger partial charge in [0.05, 0.1) is 17.3 Å². The van der Waals surface area contributed by atoms with Crippen molar-refractivity contribution < 1.29 is 15.0 Å². The number of pyridine rings is 2. The molecule has 164 valence electrons. The smallest absolute Gasteiger partial charge is 0.262 e. The largest absolute Gasteiger partial charge is 0.508 e. The lowest BCUT2D eigenvalue weighted by atomic mass is 9.89. The third-order valence-corrected chi connectivity index (χ3v) is 6.12. The van der Waals surface area contributed by atoms with Crippen LogP contribution in [0, 0.1) is 6.92 Å². The molecule has 0 saturated heterocycles. The molecule has 2 N–H and O–H groups in total. The van der Waals surface area contributed by atoms with Crippen LogP contribution < -0.4 is 4.90 Å². The van der Waals surface area contributed by atoms with E-state index in [4.69, 9.17) is 0 Å². The Morgan fingerprint density at radius 3 is 2.64 bits per heavy atom. The van der Waals surface area contributed by atoms with Crippen LogP contribution in [0.2, 0.25) is 0 Å². The van der Waals surface area contributed by atoms with Gasteiger partial charge in [-0.15, -0.1) is 0 Å². The standard InChI is InChI=1S/C27H23N3O3/c1-17-4-2-13-29-26(17)19-7-11-23-18(14-19)6-10-24(20-5-3-12-28-16-20)30(23)27(33)22-9-8-21(31)15-25(22)32/h2-5,7-9,11-16,24,31-32H,6,10H2,1H3. The summed E-state index contributed by atoms with van der Waals surface area (Å²) in [6.07, 6.45) is 6.77. The van der Waals surface area contributed by atoms with Crippen molar-refractivity contribution in [1.29, 1.82) is 0 Å². The molecule has 2 aromatic heterocycles. The Bertz CT molecular complexity index is 1340. The monoisotopic (exact) mass is 437 g/mol. The Morgan fingerprint density at radius 2 is 1.88 bits per heavy atom. The molecule has 33 heavy (non-hydrogen) atoms. The topological polar surface area (TPSA) is 86.6 Å². The van der Waals surface area contributed by atoms with E-state index in [1.807, 2.05) is 43.3 Å². The minimum Gasteiger partial charge on any atom is -0.508 e. The van der Waals surface area contributed by atoms with Gasteiger partial charge >= 0.3 is 0 Å². The van der Waals surface area contributed by atoms with Crippen molar-refractivity contribution in [2.45, 2.75) is 25.8 Å². The molecule has 0 fully saturated rings. The molecule has 0 bridgehead atoms. The zero-order valence-electron chi connectivity index (χ0n) is 18.1. The van der Waals surface area contributed by atoms with Crippen molar-refractivity contribution >= 4 is 11.6 Å². The summed E-state index contributed by atoms with van der Waals surface area (Å²) >= 11 is 0. The minimum atomic E-state index is -0.330. The molecule has 3 heterocycles. The number of benzene rings is 2. The highest BCUT2D eigenvalue weighted by atomic mass is 16.3. The molecule has 0 saturated carbocycles.